The van der Waals surface area contributed by atoms with E-state index in [-0.39, 0.29) is 12.1 Å². The number of hydrogen-bond acceptors (Lipinski definition) is 6. The van der Waals surface area contributed by atoms with Crippen LogP contribution in [0, 0.1) is 0 Å². The van der Waals surface area contributed by atoms with Gasteiger partial charge in [0, 0.05) is 19.1 Å². The van der Waals surface area contributed by atoms with E-state index in [1.165, 1.54) is 0 Å². The van der Waals surface area contributed by atoms with Gasteiger partial charge in [-0.3, -0.25) is 4.90 Å². The molecule has 35 heavy (non-hydrogen) atoms. The number of nitrogens with zero attached hydrogens (tertiary/aromatic N) is 3. The maximum atomic E-state index is 10.6. The highest BCUT2D eigenvalue weighted by Crippen LogP contribution is 2.33. The van der Waals surface area contributed by atoms with Crippen molar-refractivity contribution in [2.75, 3.05) is 20.3 Å². The molecule has 0 aliphatic rings. The summed E-state index contributed by atoms with van der Waals surface area (Å²) < 4.78 is 19.3. The van der Waals surface area contributed by atoms with Gasteiger partial charge >= 0.3 is 0 Å². The third-order valence-corrected chi connectivity index (χ3v) is 5.79. The first kappa shape index (κ1) is 26.7. The van der Waals surface area contributed by atoms with Crippen LogP contribution >= 0.6 is 0 Å². The fraction of sp³-hybridized carbons (Fsp3) is 0.464. The van der Waals surface area contributed by atoms with E-state index in [0.717, 1.165) is 29.1 Å². The second-order valence-electron chi connectivity index (χ2n) is 9.17. The Bertz CT molecular complexity index is 1030. The molecule has 0 saturated carbocycles. The number of methoxy groups -OCH3 is 1. The molecule has 3 aromatic rings. The molecule has 190 valence electrons. The lowest BCUT2D eigenvalue weighted by Crippen LogP contribution is -2.39. The Morgan fingerprint density at radius 1 is 0.971 bits per heavy atom. The fourth-order valence-electron chi connectivity index (χ4n) is 3.81. The largest absolute Gasteiger partial charge is 0.497 e. The van der Waals surface area contributed by atoms with Crippen molar-refractivity contribution in [3.8, 4) is 23.1 Å². The first-order chi connectivity index (χ1) is 16.8. The summed E-state index contributed by atoms with van der Waals surface area (Å²) in [6, 6.07) is 17.8. The summed E-state index contributed by atoms with van der Waals surface area (Å²) in [5.74, 6) is 2.15. The number of aryl methyl sites for hydroxylation is 1. The minimum Gasteiger partial charge on any atom is -0.497 e. The van der Waals surface area contributed by atoms with Crippen LogP contribution in [0.1, 0.15) is 45.9 Å². The maximum Gasteiger partial charge on any atom is 0.227 e. The fourth-order valence-corrected chi connectivity index (χ4v) is 3.81. The van der Waals surface area contributed by atoms with Crippen LogP contribution in [0.15, 0.2) is 54.6 Å². The molecule has 0 amide bonds. The minimum atomic E-state index is -0.583. The lowest BCUT2D eigenvalue weighted by molar-refractivity contribution is -0.0137. The lowest BCUT2D eigenvalue weighted by atomic mass is 10.1. The monoisotopic (exact) mass is 481 g/mol. The van der Waals surface area contributed by atoms with E-state index in [1.807, 2.05) is 73.1 Å². The molecule has 0 spiro atoms. The zero-order chi connectivity index (χ0) is 25.4. The van der Waals surface area contributed by atoms with Gasteiger partial charge < -0.3 is 19.3 Å². The Labute approximate surface area is 209 Å². The van der Waals surface area contributed by atoms with Crippen molar-refractivity contribution in [1.82, 2.24) is 14.7 Å². The summed E-state index contributed by atoms with van der Waals surface area (Å²) in [4.78, 5) is 2.24. The van der Waals surface area contributed by atoms with E-state index in [4.69, 9.17) is 19.3 Å². The van der Waals surface area contributed by atoms with Gasteiger partial charge in [0.05, 0.1) is 42.9 Å². The van der Waals surface area contributed by atoms with E-state index in [1.54, 1.807) is 7.11 Å². The zero-order valence-electron chi connectivity index (χ0n) is 21.8. The average Bonchev–Trinajstić information content (AvgIpc) is 3.20. The molecule has 0 aliphatic carbocycles. The molecular formula is C28H39N3O4. The number of ether oxygens (including phenoxy) is 3. The Balaban J connectivity index is 1.98. The van der Waals surface area contributed by atoms with Crippen LogP contribution in [0.5, 0.6) is 17.4 Å². The van der Waals surface area contributed by atoms with Gasteiger partial charge in [-0.05, 0) is 70.5 Å². The number of hydrogen-bond donors (Lipinski definition) is 1. The highest BCUT2D eigenvalue weighted by Gasteiger charge is 2.25. The molecule has 3 rings (SSSR count). The first-order valence-electron chi connectivity index (χ1n) is 12.3. The van der Waals surface area contributed by atoms with Crippen molar-refractivity contribution in [2.24, 2.45) is 0 Å². The van der Waals surface area contributed by atoms with Crippen molar-refractivity contribution in [3.63, 3.8) is 0 Å². The van der Waals surface area contributed by atoms with Crippen molar-refractivity contribution in [3.05, 3.63) is 65.9 Å². The molecule has 0 aliphatic heterocycles. The van der Waals surface area contributed by atoms with Gasteiger partial charge in [0.25, 0.3) is 0 Å². The first-order valence-corrected chi connectivity index (χ1v) is 12.3. The standard InChI is InChI=1S/C28H39N3O4/c1-7-27-26(18-30(20(2)3)17-23(32)19-34-21(4)5)28(31(29-27)22-11-9-8-10-12-22)35-25-15-13-24(33-6)14-16-25/h8-16,20-21,23,32H,7,17-19H2,1-6H3/t23-/m1/s1. The van der Waals surface area contributed by atoms with Crippen LogP contribution < -0.4 is 9.47 Å². The maximum absolute atomic E-state index is 10.6. The van der Waals surface area contributed by atoms with Crippen molar-refractivity contribution < 1.29 is 19.3 Å². The number of aromatic nitrogens is 2. The van der Waals surface area contributed by atoms with Crippen molar-refractivity contribution in [2.45, 2.75) is 65.8 Å². The number of aliphatic hydroxyl groups excluding tert-OH is 1. The van der Waals surface area contributed by atoms with E-state index in [9.17, 15) is 5.11 Å². The van der Waals surface area contributed by atoms with Gasteiger partial charge in [-0.1, -0.05) is 25.1 Å². The zero-order valence-corrected chi connectivity index (χ0v) is 21.8. The molecule has 0 saturated heterocycles. The smallest absolute Gasteiger partial charge is 0.227 e. The van der Waals surface area contributed by atoms with E-state index in [2.05, 4.69) is 25.7 Å². The predicted molar refractivity (Wildman–Crippen MR) is 139 cm³/mol. The Kier molecular flexibility index (Phi) is 9.72. The molecule has 2 aromatic carbocycles. The molecule has 0 unspecified atom stereocenters. The quantitative estimate of drug-likeness (QED) is 0.360. The van der Waals surface area contributed by atoms with Crippen molar-refractivity contribution in [1.29, 1.82) is 0 Å². The number of benzene rings is 2. The van der Waals surface area contributed by atoms with E-state index in [0.29, 0.717) is 31.3 Å². The summed E-state index contributed by atoms with van der Waals surface area (Å²) in [5, 5.41) is 15.6. The topological polar surface area (TPSA) is 69.0 Å². The Hall–Kier alpha value is -2.87. The lowest BCUT2D eigenvalue weighted by Gasteiger charge is -2.29. The SMILES string of the molecule is CCc1nn(-c2ccccc2)c(Oc2ccc(OC)cc2)c1CN(C[C@@H](O)COC(C)C)C(C)C. The molecule has 1 aromatic heterocycles. The molecule has 7 heteroatoms. The third-order valence-electron chi connectivity index (χ3n) is 5.79. The summed E-state index contributed by atoms with van der Waals surface area (Å²) >= 11 is 0. The van der Waals surface area contributed by atoms with E-state index >= 15 is 0 Å². The predicted octanol–water partition coefficient (Wildman–Crippen LogP) is 5.23. The van der Waals surface area contributed by atoms with Gasteiger partial charge in [-0.15, -0.1) is 0 Å². The summed E-state index contributed by atoms with van der Waals surface area (Å²) in [5.41, 5.74) is 2.91. The van der Waals surface area contributed by atoms with Crippen LogP contribution in [0.4, 0.5) is 0 Å². The Morgan fingerprint density at radius 3 is 2.20 bits per heavy atom. The number of aliphatic hydroxyl groups is 1. The van der Waals surface area contributed by atoms with Gasteiger partial charge in [0.15, 0.2) is 0 Å². The highest BCUT2D eigenvalue weighted by atomic mass is 16.5. The van der Waals surface area contributed by atoms with Gasteiger partial charge in [-0.25, -0.2) is 4.68 Å². The average molecular weight is 482 g/mol. The summed E-state index contributed by atoms with van der Waals surface area (Å²) in [6.07, 6.45) is 0.261. The van der Waals surface area contributed by atoms with Gasteiger partial charge in [0.2, 0.25) is 5.88 Å². The van der Waals surface area contributed by atoms with Gasteiger partial charge in [0.1, 0.15) is 11.5 Å². The molecule has 1 atom stereocenters. The van der Waals surface area contributed by atoms with Crippen LogP contribution in [0.25, 0.3) is 5.69 Å². The minimum absolute atomic E-state index is 0.0810. The third kappa shape index (κ3) is 7.31. The molecule has 0 fully saturated rings. The molecular weight excluding hydrogens is 442 g/mol. The normalized spacial score (nSPS) is 12.5. The van der Waals surface area contributed by atoms with Crippen LogP contribution in [-0.2, 0) is 17.7 Å². The molecule has 1 N–H and O–H groups in total. The molecule has 0 bridgehead atoms. The second-order valence-corrected chi connectivity index (χ2v) is 9.17. The Morgan fingerprint density at radius 2 is 1.63 bits per heavy atom. The number of rotatable bonds is 13. The highest BCUT2D eigenvalue weighted by molar-refractivity contribution is 5.44. The molecule has 1 heterocycles. The second kappa shape index (κ2) is 12.7. The molecule has 7 nitrogen and oxygen atoms in total. The summed E-state index contributed by atoms with van der Waals surface area (Å²) in [6.45, 7) is 11.7. The van der Waals surface area contributed by atoms with Crippen LogP contribution in [0.3, 0.4) is 0 Å². The summed E-state index contributed by atoms with van der Waals surface area (Å²) in [7, 11) is 1.65. The van der Waals surface area contributed by atoms with E-state index < -0.39 is 6.10 Å². The van der Waals surface area contributed by atoms with Crippen LogP contribution in [0.2, 0.25) is 0 Å². The van der Waals surface area contributed by atoms with Crippen LogP contribution in [-0.4, -0.2) is 58.3 Å². The van der Waals surface area contributed by atoms with Gasteiger partial charge in [-0.2, -0.15) is 5.10 Å². The molecule has 0 radical (unpaired) electrons. The number of para-hydroxylation sites is 1. The van der Waals surface area contributed by atoms with Crippen molar-refractivity contribution >= 4 is 0 Å².